The third-order valence-corrected chi connectivity index (χ3v) is 2.19. The molecule has 94 valence electrons. The van der Waals surface area contributed by atoms with Crippen molar-refractivity contribution in [1.29, 1.82) is 0 Å². The van der Waals surface area contributed by atoms with E-state index in [1.54, 1.807) is 24.5 Å². The highest BCUT2D eigenvalue weighted by atomic mass is 19.4. The molecule has 0 atom stereocenters. The second kappa shape index (κ2) is 4.59. The Kier molecular flexibility index (Phi) is 3.14. The molecule has 2 aromatic heterocycles. The van der Waals surface area contributed by atoms with E-state index in [2.05, 4.69) is 15.0 Å². The summed E-state index contributed by atoms with van der Waals surface area (Å²) in [6, 6.07) is 4.73. The fourth-order valence-electron chi connectivity index (χ4n) is 1.45. The summed E-state index contributed by atoms with van der Waals surface area (Å²) in [4.78, 5) is 10.5. The Morgan fingerprint density at radius 3 is 2.39 bits per heavy atom. The number of hydrogen-bond acceptors (Lipinski definition) is 4. The summed E-state index contributed by atoms with van der Waals surface area (Å²) >= 11 is 0. The molecule has 18 heavy (non-hydrogen) atoms. The minimum absolute atomic E-state index is 0.193. The van der Waals surface area contributed by atoms with Gasteiger partial charge in [-0.15, -0.1) is 0 Å². The van der Waals surface area contributed by atoms with Crippen LogP contribution >= 0.6 is 0 Å². The van der Waals surface area contributed by atoms with Crippen LogP contribution in [0.15, 0.2) is 30.6 Å². The predicted octanol–water partition coefficient (Wildman–Crippen LogP) is 2.06. The lowest BCUT2D eigenvalue weighted by molar-refractivity contribution is -0.145. The number of alkyl halides is 3. The van der Waals surface area contributed by atoms with Crippen molar-refractivity contribution >= 4 is 5.82 Å². The standard InChI is InChI=1S/C11H9F3N4/c12-11(13,14)10-17-8(6-9(15)18-10)5-7-1-3-16-4-2-7/h1-4,6H,5H2,(H2,15,17,18). The zero-order valence-electron chi connectivity index (χ0n) is 9.15. The number of hydrogen-bond donors (Lipinski definition) is 1. The van der Waals surface area contributed by atoms with Crippen molar-refractivity contribution < 1.29 is 13.2 Å². The zero-order chi connectivity index (χ0) is 13.2. The number of nitrogens with two attached hydrogens (primary N) is 1. The summed E-state index contributed by atoms with van der Waals surface area (Å²) in [5.74, 6) is -1.41. The zero-order valence-corrected chi connectivity index (χ0v) is 9.15. The number of nitrogen functional groups attached to an aromatic ring is 1. The van der Waals surface area contributed by atoms with E-state index in [0.717, 1.165) is 5.56 Å². The van der Waals surface area contributed by atoms with Crippen LogP contribution in [0.2, 0.25) is 0 Å². The van der Waals surface area contributed by atoms with Crippen molar-refractivity contribution in [3.8, 4) is 0 Å². The molecular weight excluding hydrogens is 245 g/mol. The van der Waals surface area contributed by atoms with Crippen LogP contribution in [-0.4, -0.2) is 15.0 Å². The Balaban J connectivity index is 2.32. The minimum atomic E-state index is -4.59. The van der Waals surface area contributed by atoms with Crippen molar-refractivity contribution in [2.75, 3.05) is 5.73 Å². The van der Waals surface area contributed by atoms with E-state index >= 15 is 0 Å². The van der Waals surface area contributed by atoms with Gasteiger partial charge in [0.05, 0.1) is 5.69 Å². The maximum atomic E-state index is 12.5. The van der Waals surface area contributed by atoms with Gasteiger partial charge in [-0.3, -0.25) is 4.98 Å². The molecule has 0 saturated carbocycles. The highest BCUT2D eigenvalue weighted by Crippen LogP contribution is 2.27. The third kappa shape index (κ3) is 2.93. The number of anilines is 1. The smallest absolute Gasteiger partial charge is 0.384 e. The fraction of sp³-hybridized carbons (Fsp3) is 0.182. The summed E-state index contributed by atoms with van der Waals surface area (Å²) in [6.45, 7) is 0. The maximum absolute atomic E-state index is 12.5. The van der Waals surface area contributed by atoms with E-state index in [4.69, 9.17) is 5.73 Å². The van der Waals surface area contributed by atoms with Gasteiger partial charge >= 0.3 is 6.18 Å². The first-order valence-electron chi connectivity index (χ1n) is 5.04. The third-order valence-electron chi connectivity index (χ3n) is 2.19. The summed E-state index contributed by atoms with van der Waals surface area (Å²) in [5.41, 5.74) is 6.37. The molecule has 4 nitrogen and oxygen atoms in total. The van der Waals surface area contributed by atoms with Crippen molar-refractivity contribution in [2.45, 2.75) is 12.6 Å². The van der Waals surface area contributed by atoms with E-state index in [-0.39, 0.29) is 17.9 Å². The highest BCUT2D eigenvalue weighted by Gasteiger charge is 2.35. The van der Waals surface area contributed by atoms with Gasteiger partial charge in [-0.05, 0) is 17.7 Å². The number of rotatable bonds is 2. The van der Waals surface area contributed by atoms with E-state index in [9.17, 15) is 13.2 Å². The van der Waals surface area contributed by atoms with Crippen LogP contribution in [0, 0.1) is 0 Å². The first kappa shape index (κ1) is 12.3. The summed E-state index contributed by atoms with van der Waals surface area (Å²) in [6.07, 6.45) is -1.23. The van der Waals surface area contributed by atoms with E-state index in [0.29, 0.717) is 0 Å². The molecule has 2 aromatic rings. The average Bonchev–Trinajstić information content (AvgIpc) is 2.28. The number of aromatic nitrogens is 3. The largest absolute Gasteiger partial charge is 0.451 e. The molecule has 0 amide bonds. The Bertz CT molecular complexity index is 540. The average molecular weight is 254 g/mol. The van der Waals surface area contributed by atoms with Crippen molar-refractivity contribution in [3.05, 3.63) is 47.7 Å². The number of nitrogens with zero attached hydrogens (tertiary/aromatic N) is 3. The van der Waals surface area contributed by atoms with Gasteiger partial charge in [0, 0.05) is 24.9 Å². The molecule has 0 spiro atoms. The normalized spacial score (nSPS) is 11.5. The Labute approximate surface area is 101 Å². The van der Waals surface area contributed by atoms with Crippen LogP contribution in [0.1, 0.15) is 17.1 Å². The van der Waals surface area contributed by atoms with E-state index in [1.807, 2.05) is 0 Å². The topological polar surface area (TPSA) is 64.7 Å². The molecule has 0 aromatic carbocycles. The first-order valence-corrected chi connectivity index (χ1v) is 5.04. The molecule has 0 fully saturated rings. The molecule has 0 saturated heterocycles. The summed E-state index contributed by atoms with van der Waals surface area (Å²) < 4.78 is 37.5. The molecule has 2 rings (SSSR count). The number of pyridine rings is 1. The van der Waals surface area contributed by atoms with Crippen LogP contribution in [0.4, 0.5) is 19.0 Å². The van der Waals surface area contributed by atoms with Gasteiger partial charge < -0.3 is 5.73 Å². The molecular formula is C11H9F3N4. The first-order chi connectivity index (χ1) is 8.45. The molecule has 0 radical (unpaired) electrons. The van der Waals surface area contributed by atoms with Crippen LogP contribution in [0.3, 0.4) is 0 Å². The summed E-state index contributed by atoms with van der Waals surface area (Å²) in [5, 5.41) is 0. The Morgan fingerprint density at radius 2 is 1.78 bits per heavy atom. The van der Waals surface area contributed by atoms with Gasteiger partial charge in [-0.2, -0.15) is 13.2 Å². The van der Waals surface area contributed by atoms with Gasteiger partial charge in [-0.25, -0.2) is 9.97 Å². The molecule has 2 heterocycles. The van der Waals surface area contributed by atoms with Gasteiger partial charge in [0.15, 0.2) is 0 Å². The van der Waals surface area contributed by atoms with Crippen molar-refractivity contribution in [3.63, 3.8) is 0 Å². The molecule has 0 aliphatic rings. The van der Waals surface area contributed by atoms with Crippen LogP contribution < -0.4 is 5.73 Å². The lowest BCUT2D eigenvalue weighted by Gasteiger charge is -2.08. The molecule has 7 heteroatoms. The Morgan fingerprint density at radius 1 is 1.11 bits per heavy atom. The van der Waals surface area contributed by atoms with E-state index < -0.39 is 12.0 Å². The van der Waals surface area contributed by atoms with Crippen molar-refractivity contribution in [2.24, 2.45) is 0 Å². The maximum Gasteiger partial charge on any atom is 0.451 e. The second-order valence-electron chi connectivity index (χ2n) is 3.64. The van der Waals surface area contributed by atoms with E-state index in [1.165, 1.54) is 6.07 Å². The molecule has 0 unspecified atom stereocenters. The Hall–Kier alpha value is -2.18. The van der Waals surface area contributed by atoms with Gasteiger partial charge in [-0.1, -0.05) is 0 Å². The molecule has 0 bridgehead atoms. The SMILES string of the molecule is Nc1cc(Cc2ccncc2)nc(C(F)(F)F)n1. The monoisotopic (exact) mass is 254 g/mol. The molecule has 0 aliphatic heterocycles. The quantitative estimate of drug-likeness (QED) is 0.890. The minimum Gasteiger partial charge on any atom is -0.384 e. The van der Waals surface area contributed by atoms with Crippen LogP contribution in [-0.2, 0) is 12.6 Å². The fourth-order valence-corrected chi connectivity index (χ4v) is 1.45. The second-order valence-corrected chi connectivity index (χ2v) is 3.64. The van der Waals surface area contributed by atoms with Crippen molar-refractivity contribution in [1.82, 2.24) is 15.0 Å². The highest BCUT2D eigenvalue weighted by molar-refractivity contribution is 5.32. The summed E-state index contributed by atoms with van der Waals surface area (Å²) in [7, 11) is 0. The van der Waals surface area contributed by atoms with Gasteiger partial charge in [0.25, 0.3) is 0 Å². The molecule has 2 N–H and O–H groups in total. The van der Waals surface area contributed by atoms with Crippen LogP contribution in [0.25, 0.3) is 0 Å². The molecule has 0 aliphatic carbocycles. The lowest BCUT2D eigenvalue weighted by atomic mass is 10.1. The van der Waals surface area contributed by atoms with Gasteiger partial charge in [0.1, 0.15) is 5.82 Å². The van der Waals surface area contributed by atoms with Crippen LogP contribution in [0.5, 0.6) is 0 Å². The number of halogens is 3. The van der Waals surface area contributed by atoms with Gasteiger partial charge in [0.2, 0.25) is 5.82 Å². The lowest BCUT2D eigenvalue weighted by Crippen LogP contribution is -2.14. The predicted molar refractivity (Wildman–Crippen MR) is 58.5 cm³/mol.